The van der Waals surface area contributed by atoms with E-state index >= 15 is 0 Å². The van der Waals surface area contributed by atoms with Crippen molar-refractivity contribution in [3.8, 4) is 17.2 Å². The fourth-order valence-corrected chi connectivity index (χ4v) is 3.64. The van der Waals surface area contributed by atoms with Crippen LogP contribution in [-0.2, 0) is 16.1 Å². The maximum absolute atomic E-state index is 13.0. The summed E-state index contributed by atoms with van der Waals surface area (Å²) in [6.45, 7) is 0.674. The number of carbonyl (C=O) groups excluding carboxylic acids is 3. The minimum atomic E-state index is -0.706. The van der Waals surface area contributed by atoms with E-state index in [-0.39, 0.29) is 36.3 Å². The molecule has 0 bridgehead atoms. The first-order valence-electron chi connectivity index (χ1n) is 10.4. The van der Waals surface area contributed by atoms with E-state index in [1.807, 2.05) is 6.07 Å². The number of alkyl carbamates (subject to hydrolysis) is 1. The molecular formula is C23H27N3O7. The number of nitrogens with one attached hydrogen (secondary N) is 1. The Morgan fingerprint density at radius 1 is 1.12 bits per heavy atom. The van der Waals surface area contributed by atoms with Gasteiger partial charge in [-0.2, -0.15) is 0 Å². The van der Waals surface area contributed by atoms with Gasteiger partial charge in [0.25, 0.3) is 11.7 Å². The van der Waals surface area contributed by atoms with E-state index in [2.05, 4.69) is 10.3 Å². The van der Waals surface area contributed by atoms with Crippen molar-refractivity contribution in [1.29, 1.82) is 0 Å². The van der Waals surface area contributed by atoms with E-state index in [1.54, 1.807) is 18.5 Å². The SMILES string of the molecule is COc1cc(C(=O)C(=O)N2CCC[C@H]2COC(=O)NCc2cccnc2)cc(OC)c1OC. The fourth-order valence-electron chi connectivity index (χ4n) is 3.64. The van der Waals surface area contributed by atoms with Crippen LogP contribution < -0.4 is 19.5 Å². The molecule has 0 unspecified atom stereocenters. The van der Waals surface area contributed by atoms with E-state index in [0.717, 1.165) is 5.56 Å². The van der Waals surface area contributed by atoms with Crippen molar-refractivity contribution in [3.63, 3.8) is 0 Å². The maximum atomic E-state index is 13.0. The maximum Gasteiger partial charge on any atom is 0.407 e. The summed E-state index contributed by atoms with van der Waals surface area (Å²) in [5.41, 5.74) is 0.957. The minimum absolute atomic E-state index is 0.00680. The van der Waals surface area contributed by atoms with Gasteiger partial charge in [0, 0.05) is 31.0 Å². The van der Waals surface area contributed by atoms with E-state index < -0.39 is 17.8 Å². The summed E-state index contributed by atoms with van der Waals surface area (Å²) in [5, 5.41) is 2.64. The van der Waals surface area contributed by atoms with Crippen LogP contribution in [0.4, 0.5) is 4.79 Å². The molecule has 0 saturated carbocycles. The van der Waals surface area contributed by atoms with Crippen molar-refractivity contribution in [2.24, 2.45) is 0 Å². The second-order valence-electron chi connectivity index (χ2n) is 7.35. The van der Waals surface area contributed by atoms with Gasteiger partial charge in [-0.1, -0.05) is 6.07 Å². The number of ketones is 1. The third-order valence-corrected chi connectivity index (χ3v) is 5.33. The summed E-state index contributed by atoms with van der Waals surface area (Å²) < 4.78 is 21.1. The molecule has 1 aliphatic heterocycles. The number of amides is 2. The number of likely N-dealkylation sites (tertiary alicyclic amines) is 1. The van der Waals surface area contributed by atoms with Gasteiger partial charge in [0.05, 0.1) is 27.4 Å². The highest BCUT2D eigenvalue weighted by Gasteiger charge is 2.34. The van der Waals surface area contributed by atoms with Gasteiger partial charge in [-0.25, -0.2) is 4.79 Å². The molecule has 0 radical (unpaired) electrons. The lowest BCUT2D eigenvalue weighted by Crippen LogP contribution is -2.43. The number of aromatic nitrogens is 1. The molecule has 3 rings (SSSR count). The fraction of sp³-hybridized carbons (Fsp3) is 0.391. The van der Waals surface area contributed by atoms with Crippen LogP contribution >= 0.6 is 0 Å². The van der Waals surface area contributed by atoms with Gasteiger partial charge in [0.1, 0.15) is 6.61 Å². The molecular weight excluding hydrogens is 430 g/mol. The molecule has 1 aromatic carbocycles. The lowest BCUT2D eigenvalue weighted by molar-refractivity contribution is -0.127. The molecule has 1 fully saturated rings. The topological polar surface area (TPSA) is 116 Å². The van der Waals surface area contributed by atoms with Crippen molar-refractivity contribution in [2.75, 3.05) is 34.5 Å². The van der Waals surface area contributed by atoms with Crippen molar-refractivity contribution < 1.29 is 33.3 Å². The second-order valence-corrected chi connectivity index (χ2v) is 7.35. The molecule has 33 heavy (non-hydrogen) atoms. The number of benzene rings is 1. The number of hydrogen-bond donors (Lipinski definition) is 1. The molecule has 10 heteroatoms. The zero-order valence-corrected chi connectivity index (χ0v) is 18.8. The molecule has 0 spiro atoms. The van der Waals surface area contributed by atoms with Gasteiger partial charge in [0.15, 0.2) is 11.5 Å². The normalized spacial score (nSPS) is 15.0. The molecule has 1 aliphatic rings. The van der Waals surface area contributed by atoms with Crippen molar-refractivity contribution in [1.82, 2.24) is 15.2 Å². The zero-order chi connectivity index (χ0) is 23.8. The van der Waals surface area contributed by atoms with Crippen LogP contribution in [0, 0.1) is 0 Å². The number of hydrogen-bond acceptors (Lipinski definition) is 8. The highest BCUT2D eigenvalue weighted by molar-refractivity contribution is 6.43. The molecule has 1 aromatic heterocycles. The Kier molecular flexibility index (Phi) is 8.06. The molecule has 2 amide bonds. The van der Waals surface area contributed by atoms with Crippen LogP contribution in [0.15, 0.2) is 36.7 Å². The number of rotatable bonds is 9. The van der Waals surface area contributed by atoms with Gasteiger partial charge < -0.3 is 29.2 Å². The molecule has 10 nitrogen and oxygen atoms in total. The molecule has 1 N–H and O–H groups in total. The molecule has 176 valence electrons. The Hall–Kier alpha value is -3.82. The lowest BCUT2D eigenvalue weighted by atomic mass is 10.1. The molecule has 2 heterocycles. The van der Waals surface area contributed by atoms with E-state index in [4.69, 9.17) is 18.9 Å². The summed E-state index contributed by atoms with van der Waals surface area (Å²) in [7, 11) is 4.32. The number of nitrogens with zero attached hydrogens (tertiary/aromatic N) is 2. The quantitative estimate of drug-likeness (QED) is 0.450. The third-order valence-electron chi connectivity index (χ3n) is 5.33. The van der Waals surface area contributed by atoms with E-state index in [1.165, 1.54) is 38.4 Å². The van der Waals surface area contributed by atoms with Crippen LogP contribution in [0.2, 0.25) is 0 Å². The standard InChI is InChI=1S/C23H27N3O7/c1-30-18-10-16(11-19(31-2)21(18)32-3)20(27)22(28)26-9-5-7-17(26)14-33-23(29)25-13-15-6-4-8-24-12-15/h4,6,8,10-12,17H,5,7,9,13-14H2,1-3H3,(H,25,29)/t17-/m0/s1. The molecule has 1 saturated heterocycles. The summed E-state index contributed by atoms with van der Waals surface area (Å²) in [6, 6.07) is 6.10. The molecule has 0 aliphatic carbocycles. The summed E-state index contributed by atoms with van der Waals surface area (Å²) in [5.74, 6) is -0.499. The van der Waals surface area contributed by atoms with Crippen LogP contribution in [0.5, 0.6) is 17.2 Å². The van der Waals surface area contributed by atoms with E-state index in [9.17, 15) is 14.4 Å². The Balaban J connectivity index is 1.62. The Morgan fingerprint density at radius 3 is 2.45 bits per heavy atom. The van der Waals surface area contributed by atoms with Crippen molar-refractivity contribution in [3.05, 3.63) is 47.8 Å². The Labute approximate surface area is 191 Å². The first kappa shape index (κ1) is 23.8. The van der Waals surface area contributed by atoms with Crippen LogP contribution in [0.25, 0.3) is 0 Å². The number of pyridine rings is 1. The highest BCUT2D eigenvalue weighted by atomic mass is 16.5. The van der Waals surface area contributed by atoms with Gasteiger partial charge in [-0.15, -0.1) is 0 Å². The Bertz CT molecular complexity index is 972. The van der Waals surface area contributed by atoms with Gasteiger partial charge in [0.2, 0.25) is 5.75 Å². The number of methoxy groups -OCH3 is 3. The molecule has 2 aromatic rings. The summed E-state index contributed by atoms with van der Waals surface area (Å²) in [6.07, 6.45) is 4.03. The van der Waals surface area contributed by atoms with Crippen molar-refractivity contribution in [2.45, 2.75) is 25.4 Å². The third kappa shape index (κ3) is 5.71. The summed E-state index contributed by atoms with van der Waals surface area (Å²) in [4.78, 5) is 43.4. The van der Waals surface area contributed by atoms with Crippen molar-refractivity contribution >= 4 is 17.8 Å². The number of Topliss-reactive ketones (excluding diaryl/α,β-unsaturated/α-hetero) is 1. The minimum Gasteiger partial charge on any atom is -0.493 e. The first-order valence-corrected chi connectivity index (χ1v) is 10.4. The van der Waals surface area contributed by atoms with Crippen LogP contribution in [-0.4, -0.2) is 68.2 Å². The smallest absolute Gasteiger partial charge is 0.407 e. The number of ether oxygens (including phenoxy) is 4. The van der Waals surface area contributed by atoms with Crippen LogP contribution in [0.3, 0.4) is 0 Å². The summed E-state index contributed by atoms with van der Waals surface area (Å²) >= 11 is 0. The lowest BCUT2D eigenvalue weighted by Gasteiger charge is -2.24. The predicted molar refractivity (Wildman–Crippen MR) is 118 cm³/mol. The zero-order valence-electron chi connectivity index (χ0n) is 18.8. The average Bonchev–Trinajstić information content (AvgIpc) is 3.33. The van der Waals surface area contributed by atoms with Gasteiger partial charge >= 0.3 is 6.09 Å². The largest absolute Gasteiger partial charge is 0.493 e. The highest BCUT2D eigenvalue weighted by Crippen LogP contribution is 2.38. The second kappa shape index (κ2) is 11.2. The monoisotopic (exact) mass is 457 g/mol. The predicted octanol–water partition coefficient (Wildman–Crippen LogP) is 2.21. The van der Waals surface area contributed by atoms with Crippen LogP contribution in [0.1, 0.15) is 28.8 Å². The molecule has 1 atom stereocenters. The number of carbonyl (C=O) groups is 3. The van der Waals surface area contributed by atoms with Gasteiger partial charge in [-0.05, 0) is 36.6 Å². The Morgan fingerprint density at radius 2 is 1.85 bits per heavy atom. The van der Waals surface area contributed by atoms with Gasteiger partial charge in [-0.3, -0.25) is 14.6 Å². The average molecular weight is 457 g/mol. The van der Waals surface area contributed by atoms with E-state index in [0.29, 0.717) is 25.1 Å². The first-order chi connectivity index (χ1) is 16.0.